The van der Waals surface area contributed by atoms with Gasteiger partial charge in [-0.05, 0) is 104 Å². The van der Waals surface area contributed by atoms with Crippen molar-refractivity contribution < 1.29 is 38.9 Å². The van der Waals surface area contributed by atoms with Gasteiger partial charge in [0.25, 0.3) is 22.9 Å². The summed E-state index contributed by atoms with van der Waals surface area (Å²) in [6, 6.07) is 30.5. The Labute approximate surface area is 443 Å². The molecule has 2 atom stereocenters. The van der Waals surface area contributed by atoms with Crippen LogP contribution in [0.15, 0.2) is 164 Å². The molecule has 2 N–H and O–H groups in total. The highest BCUT2D eigenvalue weighted by atomic mass is 16.5. The summed E-state index contributed by atoms with van der Waals surface area (Å²) >= 11 is 0. The van der Waals surface area contributed by atoms with Gasteiger partial charge in [-0.2, -0.15) is 9.13 Å². The van der Waals surface area contributed by atoms with Crippen molar-refractivity contribution in [3.63, 3.8) is 0 Å². The number of aliphatic hydroxyl groups is 2. The largest absolute Gasteiger partial charge is 0.487 e. The number of rotatable bonds is 17. The maximum atomic E-state index is 13.3. The molecule has 5 heterocycles. The van der Waals surface area contributed by atoms with Gasteiger partial charge in [0, 0.05) is 91.3 Å². The number of aromatic nitrogens is 7. The number of azide groups is 1. The first-order valence-corrected chi connectivity index (χ1v) is 24.4. The summed E-state index contributed by atoms with van der Waals surface area (Å²) in [5, 5.41) is 28.2. The quantitative estimate of drug-likeness (QED) is 0.0433. The maximum absolute atomic E-state index is 13.3. The molecular formula is C54H52N12O12. The van der Waals surface area contributed by atoms with Crippen molar-refractivity contribution in [2.24, 2.45) is 5.11 Å². The smallest absolute Gasteiger partial charge is 0.338 e. The van der Waals surface area contributed by atoms with E-state index < -0.39 is 46.4 Å². The van der Waals surface area contributed by atoms with Gasteiger partial charge in [0.15, 0.2) is 0 Å². The fourth-order valence-corrected chi connectivity index (χ4v) is 8.27. The summed E-state index contributed by atoms with van der Waals surface area (Å²) in [7, 11) is 0. The van der Waals surface area contributed by atoms with Crippen molar-refractivity contribution in [2.45, 2.75) is 50.9 Å². The first-order chi connectivity index (χ1) is 37.9. The van der Waals surface area contributed by atoms with Crippen LogP contribution in [-0.2, 0) is 22.7 Å². The predicted octanol–water partition coefficient (Wildman–Crippen LogP) is 3.60. The van der Waals surface area contributed by atoms with Gasteiger partial charge in [-0.25, -0.2) is 9.59 Å². The molecule has 24 nitrogen and oxygen atoms in total. The molecule has 2 amide bonds. The van der Waals surface area contributed by atoms with Crippen molar-refractivity contribution >= 4 is 35.0 Å². The molecule has 2 aliphatic rings. The van der Waals surface area contributed by atoms with Crippen LogP contribution < -0.4 is 41.8 Å². The van der Waals surface area contributed by atoms with Crippen LogP contribution >= 0.6 is 0 Å². The van der Waals surface area contributed by atoms with Gasteiger partial charge in [0.2, 0.25) is 11.8 Å². The van der Waals surface area contributed by atoms with Crippen LogP contribution in [0.1, 0.15) is 64.2 Å². The lowest BCUT2D eigenvalue weighted by molar-refractivity contribution is -0.120. The van der Waals surface area contributed by atoms with E-state index in [0.717, 1.165) is 21.3 Å². The van der Waals surface area contributed by atoms with Gasteiger partial charge in [-0.3, -0.25) is 42.6 Å². The molecule has 9 rings (SSSR count). The van der Waals surface area contributed by atoms with Gasteiger partial charge in [-0.15, -0.1) is 11.5 Å². The molecule has 0 saturated carbocycles. The van der Waals surface area contributed by atoms with Crippen LogP contribution in [0.4, 0.5) is 11.4 Å². The van der Waals surface area contributed by atoms with Crippen LogP contribution in [0.2, 0.25) is 0 Å². The molecule has 7 aromatic rings. The minimum atomic E-state index is -0.853. The highest BCUT2D eigenvalue weighted by Crippen LogP contribution is 2.30. The number of amides is 2. The monoisotopic (exact) mass is 1060 g/mol. The zero-order valence-electron chi connectivity index (χ0n) is 41.8. The molecule has 78 heavy (non-hydrogen) atoms. The topological polar surface area (TPSA) is 301 Å². The van der Waals surface area contributed by atoms with Gasteiger partial charge >= 0.3 is 11.4 Å². The lowest BCUT2D eigenvalue weighted by Crippen LogP contribution is -2.45. The van der Waals surface area contributed by atoms with Crippen molar-refractivity contribution in [2.75, 3.05) is 49.3 Å². The SMILES string of the molecule is C#CCOc1ccc(N2CCC(n3ccc(=O)n(C(=O)c4ccccc4)c3=O)C2=O)cc1.O=C1C(n2ccc(=O)n(C(=O)c3ccccc3)c2=O)CCN1c1ccc(OCc2cn(CCCO)nn2)cc1.[N-]=[N+]=NCCCO. The van der Waals surface area contributed by atoms with Gasteiger partial charge < -0.3 is 29.5 Å². The van der Waals surface area contributed by atoms with Crippen LogP contribution in [-0.4, -0.2) is 107 Å². The molecule has 2 unspecified atom stereocenters. The molecule has 2 fully saturated rings. The first kappa shape index (κ1) is 55.8. The lowest BCUT2D eigenvalue weighted by atomic mass is 10.2. The van der Waals surface area contributed by atoms with E-state index >= 15 is 0 Å². The van der Waals surface area contributed by atoms with E-state index in [1.807, 2.05) is 0 Å². The molecule has 24 heteroatoms. The summed E-state index contributed by atoms with van der Waals surface area (Å²) in [6.45, 7) is 2.24. The highest BCUT2D eigenvalue weighted by molar-refractivity contribution is 6.00. The maximum Gasteiger partial charge on any atom is 0.338 e. The standard InChI is InChI=1S/C27H26N6O6.C24H19N3O5.C3H7N3O/c34-16-4-13-30-17-20(28-29-30)18-39-22-9-7-21(8-10-22)31-14-11-23(26(31)37)32-15-12-24(35)33(27(32)38)25(36)19-5-2-1-3-6-19;1-2-16-32-19-10-8-18(9-11-19)25-14-12-20(23(25)30)26-15-13-21(28)27(24(26)31)22(29)17-6-4-3-5-7-17;4-6-5-2-1-3-7/h1-3,5-10,12,15,17,23,34H,4,11,13-14,16,18H2;1,3-11,13,15,20H,12,14,16H2;7H,1-3H2. The van der Waals surface area contributed by atoms with Gasteiger partial charge in [0.1, 0.15) is 42.5 Å². The second-order valence-corrected chi connectivity index (χ2v) is 17.1. The fourth-order valence-electron chi connectivity index (χ4n) is 8.27. The van der Waals surface area contributed by atoms with Gasteiger partial charge in [-0.1, -0.05) is 52.6 Å². The van der Waals surface area contributed by atoms with Crippen molar-refractivity contribution in [3.8, 4) is 23.8 Å². The molecular weight excluding hydrogens is 1010 g/mol. The number of benzene rings is 4. The number of terminal acetylenes is 1. The van der Waals surface area contributed by atoms with Crippen molar-refractivity contribution in [1.29, 1.82) is 0 Å². The molecule has 2 aliphatic heterocycles. The number of ether oxygens (including phenoxy) is 2. The van der Waals surface area contributed by atoms with Crippen molar-refractivity contribution in [1.82, 2.24) is 33.3 Å². The molecule has 0 aliphatic carbocycles. The summed E-state index contributed by atoms with van der Waals surface area (Å²) in [5.41, 5.74) is 6.80. The molecule has 4 aromatic carbocycles. The Bertz CT molecular complexity index is 3560. The minimum absolute atomic E-state index is 0.0788. The van der Waals surface area contributed by atoms with E-state index in [1.165, 1.54) is 36.7 Å². The highest BCUT2D eigenvalue weighted by Gasteiger charge is 2.37. The summed E-state index contributed by atoms with van der Waals surface area (Å²) in [6.07, 6.45) is 11.3. The number of nitrogens with zero attached hydrogens (tertiary/aromatic N) is 12. The third-order valence-corrected chi connectivity index (χ3v) is 12.1. The Kier molecular flexibility index (Phi) is 19.3. The molecule has 0 spiro atoms. The number of anilines is 2. The number of hydrogen-bond donors (Lipinski definition) is 2. The Morgan fingerprint density at radius 2 is 1.14 bits per heavy atom. The van der Waals surface area contributed by atoms with E-state index in [4.69, 9.17) is 31.6 Å². The van der Waals surface area contributed by atoms with E-state index in [0.29, 0.717) is 89.6 Å². The average molecular weight is 1060 g/mol. The van der Waals surface area contributed by atoms with E-state index in [9.17, 15) is 38.4 Å². The number of aryl methyl sites for hydroxylation is 1. The molecule has 0 bridgehead atoms. The number of carbonyl (C=O) groups excluding carboxylic acids is 4. The predicted molar refractivity (Wildman–Crippen MR) is 283 cm³/mol. The average Bonchev–Trinajstić information content (AvgIpc) is 4.21. The number of hydrogen-bond acceptors (Lipinski definition) is 15. The van der Waals surface area contributed by atoms with E-state index in [1.54, 1.807) is 106 Å². The molecule has 0 radical (unpaired) electrons. The Morgan fingerprint density at radius 3 is 1.59 bits per heavy atom. The lowest BCUT2D eigenvalue weighted by Gasteiger charge is -2.18. The third-order valence-electron chi connectivity index (χ3n) is 12.1. The summed E-state index contributed by atoms with van der Waals surface area (Å²) < 4.78 is 16.2. The molecule has 3 aromatic heterocycles. The Balaban J connectivity index is 0.000000205. The Morgan fingerprint density at radius 1 is 0.667 bits per heavy atom. The van der Waals surface area contributed by atoms with Gasteiger partial charge in [0.05, 0.1) is 6.20 Å². The van der Waals surface area contributed by atoms with E-state index in [-0.39, 0.29) is 49.4 Å². The zero-order chi connectivity index (χ0) is 55.6. The van der Waals surface area contributed by atoms with Crippen molar-refractivity contribution in [3.05, 3.63) is 209 Å². The molecule has 400 valence electrons. The van der Waals surface area contributed by atoms with Crippen LogP contribution in [0, 0.1) is 12.3 Å². The normalized spacial score (nSPS) is 14.5. The van der Waals surface area contributed by atoms with Crippen LogP contribution in [0.25, 0.3) is 10.4 Å². The third kappa shape index (κ3) is 13.5. The fraction of sp³-hybridized carbons (Fsp3) is 0.259. The number of carbonyl (C=O) groups is 4. The minimum Gasteiger partial charge on any atom is -0.487 e. The second-order valence-electron chi connectivity index (χ2n) is 17.1. The number of aliphatic hydroxyl groups excluding tert-OH is 2. The first-order valence-electron chi connectivity index (χ1n) is 24.4. The van der Waals surface area contributed by atoms with Crippen LogP contribution in [0.3, 0.4) is 0 Å². The Hall–Kier alpha value is -9.95. The summed E-state index contributed by atoms with van der Waals surface area (Å²) in [4.78, 5) is 109. The van der Waals surface area contributed by atoms with E-state index in [2.05, 4.69) is 26.3 Å². The van der Waals surface area contributed by atoms with Crippen LogP contribution in [0.5, 0.6) is 11.5 Å². The molecule has 2 saturated heterocycles. The summed E-state index contributed by atoms with van der Waals surface area (Å²) in [5.74, 6) is 1.44. The zero-order valence-corrected chi connectivity index (χ0v) is 41.8. The second kappa shape index (κ2) is 27.0.